The fraction of sp³-hybridized carbons (Fsp3) is 0.294. The number of carbonyl (C=O) groups excluding carboxylic acids is 1. The number of hydrazone groups is 1. The first-order valence-electron chi connectivity index (χ1n) is 7.44. The molecule has 1 aromatic heterocycles. The van der Waals surface area contributed by atoms with Crippen LogP contribution in [0.4, 0.5) is 5.69 Å². The molecule has 1 aliphatic heterocycles. The smallest absolute Gasteiger partial charge is 0.259 e. The topological polar surface area (TPSA) is 44.7 Å². The van der Waals surface area contributed by atoms with Crippen molar-refractivity contribution >= 4 is 28.6 Å². The SMILES string of the molecule is C/C(=N/NC(=O)CN1CCCc2ccccc21)c1cccs1. The van der Waals surface area contributed by atoms with Crippen LogP contribution in [0.5, 0.6) is 0 Å². The molecule has 1 aliphatic rings. The predicted molar refractivity (Wildman–Crippen MR) is 91.6 cm³/mol. The molecular weight excluding hydrogens is 294 g/mol. The van der Waals surface area contributed by atoms with Crippen LogP contribution in [0.3, 0.4) is 0 Å². The van der Waals surface area contributed by atoms with Gasteiger partial charge in [-0.3, -0.25) is 4.79 Å². The fourth-order valence-electron chi connectivity index (χ4n) is 2.67. The third-order valence-electron chi connectivity index (χ3n) is 3.77. The van der Waals surface area contributed by atoms with E-state index in [1.54, 1.807) is 11.3 Å². The summed E-state index contributed by atoms with van der Waals surface area (Å²) in [5.74, 6) is -0.0763. The van der Waals surface area contributed by atoms with Crippen LogP contribution in [-0.2, 0) is 11.2 Å². The minimum atomic E-state index is -0.0763. The average molecular weight is 313 g/mol. The van der Waals surface area contributed by atoms with Crippen LogP contribution >= 0.6 is 11.3 Å². The molecule has 4 nitrogen and oxygen atoms in total. The van der Waals surface area contributed by atoms with Crippen LogP contribution in [0.1, 0.15) is 23.8 Å². The van der Waals surface area contributed by atoms with E-state index in [1.165, 1.54) is 11.3 Å². The number of fused-ring (bicyclic) bond motifs is 1. The lowest BCUT2D eigenvalue weighted by Gasteiger charge is -2.30. The van der Waals surface area contributed by atoms with Crippen LogP contribution in [0.25, 0.3) is 0 Å². The van der Waals surface area contributed by atoms with Gasteiger partial charge >= 0.3 is 0 Å². The van der Waals surface area contributed by atoms with Crippen molar-refractivity contribution in [1.82, 2.24) is 5.43 Å². The van der Waals surface area contributed by atoms with Crippen molar-refractivity contribution in [3.8, 4) is 0 Å². The molecule has 2 heterocycles. The number of thiophene rings is 1. The summed E-state index contributed by atoms with van der Waals surface area (Å²) in [7, 11) is 0. The molecular formula is C17H19N3OS. The lowest BCUT2D eigenvalue weighted by atomic mass is 10.0. The number of anilines is 1. The quantitative estimate of drug-likeness (QED) is 0.696. The number of hydrogen-bond donors (Lipinski definition) is 1. The van der Waals surface area contributed by atoms with Gasteiger partial charge in [0.1, 0.15) is 0 Å². The summed E-state index contributed by atoms with van der Waals surface area (Å²) >= 11 is 1.62. The second-order valence-corrected chi connectivity index (χ2v) is 6.31. The van der Waals surface area contributed by atoms with Crippen LogP contribution < -0.4 is 10.3 Å². The number of hydrogen-bond acceptors (Lipinski definition) is 4. The Hall–Kier alpha value is -2.14. The van der Waals surface area contributed by atoms with Crippen molar-refractivity contribution < 1.29 is 4.79 Å². The van der Waals surface area contributed by atoms with Crippen molar-refractivity contribution in [2.75, 3.05) is 18.0 Å². The van der Waals surface area contributed by atoms with Gasteiger partial charge < -0.3 is 4.90 Å². The molecule has 5 heteroatoms. The number of carbonyl (C=O) groups is 1. The van der Waals surface area contributed by atoms with Crippen molar-refractivity contribution in [2.24, 2.45) is 5.10 Å². The van der Waals surface area contributed by atoms with Crippen LogP contribution in [-0.4, -0.2) is 24.7 Å². The summed E-state index contributed by atoms with van der Waals surface area (Å²) in [6.45, 7) is 3.17. The highest BCUT2D eigenvalue weighted by Gasteiger charge is 2.18. The Kier molecular flexibility index (Phi) is 4.53. The Labute approximate surface area is 134 Å². The van der Waals surface area contributed by atoms with Gasteiger partial charge in [0.2, 0.25) is 0 Å². The Morgan fingerprint density at radius 2 is 2.18 bits per heavy atom. The first-order chi connectivity index (χ1) is 10.7. The average Bonchev–Trinajstić information content (AvgIpc) is 3.07. The molecule has 0 aliphatic carbocycles. The van der Waals surface area contributed by atoms with E-state index in [0.29, 0.717) is 6.54 Å². The second kappa shape index (κ2) is 6.75. The Balaban J connectivity index is 1.62. The highest BCUT2D eigenvalue weighted by molar-refractivity contribution is 7.12. The van der Waals surface area contributed by atoms with Gasteiger partial charge in [-0.05, 0) is 42.8 Å². The molecule has 1 aromatic carbocycles. The Morgan fingerprint density at radius 1 is 1.32 bits per heavy atom. The standard InChI is InChI=1S/C17H19N3OS/c1-13(16-9-5-11-22-16)18-19-17(21)12-20-10-4-7-14-6-2-3-8-15(14)20/h2-3,5-6,8-9,11H,4,7,10,12H2,1H3,(H,19,21)/b18-13-. The minimum Gasteiger partial charge on any atom is -0.362 e. The zero-order chi connectivity index (χ0) is 15.4. The summed E-state index contributed by atoms with van der Waals surface area (Å²) in [5.41, 5.74) is 5.99. The third-order valence-corrected chi connectivity index (χ3v) is 4.75. The van der Waals surface area contributed by atoms with E-state index in [4.69, 9.17) is 0 Å². The zero-order valence-corrected chi connectivity index (χ0v) is 13.4. The Bertz CT molecular complexity index is 679. The van der Waals surface area contributed by atoms with Gasteiger partial charge in [-0.1, -0.05) is 24.3 Å². The number of nitrogens with one attached hydrogen (secondary N) is 1. The van der Waals surface area contributed by atoms with Gasteiger partial charge in [-0.25, -0.2) is 5.43 Å². The Morgan fingerprint density at radius 3 is 3.00 bits per heavy atom. The molecule has 0 radical (unpaired) electrons. The van der Waals surface area contributed by atoms with E-state index in [0.717, 1.165) is 30.0 Å². The van der Waals surface area contributed by atoms with Gasteiger partial charge in [-0.15, -0.1) is 11.3 Å². The van der Waals surface area contributed by atoms with Crippen molar-refractivity contribution in [3.63, 3.8) is 0 Å². The third kappa shape index (κ3) is 3.36. The monoisotopic (exact) mass is 313 g/mol. The summed E-state index contributed by atoms with van der Waals surface area (Å²) in [6.07, 6.45) is 2.17. The molecule has 114 valence electrons. The second-order valence-electron chi connectivity index (χ2n) is 5.36. The molecule has 0 saturated heterocycles. The number of benzene rings is 1. The van der Waals surface area contributed by atoms with Gasteiger partial charge in [0, 0.05) is 17.1 Å². The van der Waals surface area contributed by atoms with E-state index >= 15 is 0 Å². The van der Waals surface area contributed by atoms with E-state index < -0.39 is 0 Å². The lowest BCUT2D eigenvalue weighted by Crippen LogP contribution is -2.38. The number of aryl methyl sites for hydroxylation is 1. The maximum atomic E-state index is 12.1. The van der Waals surface area contributed by atoms with Crippen LogP contribution in [0.15, 0.2) is 46.9 Å². The van der Waals surface area contributed by atoms with Gasteiger partial charge in [-0.2, -0.15) is 5.10 Å². The number of amides is 1. The highest BCUT2D eigenvalue weighted by atomic mass is 32.1. The predicted octanol–water partition coefficient (Wildman–Crippen LogP) is 3.04. The highest BCUT2D eigenvalue weighted by Crippen LogP contribution is 2.26. The number of rotatable bonds is 4. The summed E-state index contributed by atoms with van der Waals surface area (Å²) < 4.78 is 0. The molecule has 22 heavy (non-hydrogen) atoms. The first kappa shape index (κ1) is 14.8. The summed E-state index contributed by atoms with van der Waals surface area (Å²) in [4.78, 5) is 15.3. The normalized spacial score (nSPS) is 14.6. The molecule has 0 unspecified atom stereocenters. The van der Waals surface area contributed by atoms with E-state index in [2.05, 4.69) is 33.6 Å². The molecule has 3 rings (SSSR count). The van der Waals surface area contributed by atoms with Gasteiger partial charge in [0.15, 0.2) is 0 Å². The first-order valence-corrected chi connectivity index (χ1v) is 8.32. The van der Waals surface area contributed by atoms with E-state index in [9.17, 15) is 4.79 Å². The maximum absolute atomic E-state index is 12.1. The molecule has 2 aromatic rings. The maximum Gasteiger partial charge on any atom is 0.259 e. The van der Waals surface area contributed by atoms with Crippen molar-refractivity contribution in [1.29, 1.82) is 0 Å². The van der Waals surface area contributed by atoms with Crippen molar-refractivity contribution in [3.05, 3.63) is 52.2 Å². The fourth-order valence-corrected chi connectivity index (χ4v) is 3.35. The summed E-state index contributed by atoms with van der Waals surface area (Å²) in [5, 5.41) is 6.19. The number of para-hydroxylation sites is 1. The lowest BCUT2D eigenvalue weighted by molar-refractivity contribution is -0.119. The summed E-state index contributed by atoms with van der Waals surface area (Å²) in [6, 6.07) is 12.3. The van der Waals surface area contributed by atoms with E-state index in [1.807, 2.05) is 30.5 Å². The molecule has 0 saturated carbocycles. The minimum absolute atomic E-state index is 0.0763. The zero-order valence-electron chi connectivity index (χ0n) is 12.6. The van der Waals surface area contributed by atoms with Crippen molar-refractivity contribution in [2.45, 2.75) is 19.8 Å². The molecule has 0 fully saturated rings. The molecule has 1 N–H and O–H groups in total. The van der Waals surface area contributed by atoms with E-state index in [-0.39, 0.29) is 5.91 Å². The largest absolute Gasteiger partial charge is 0.362 e. The number of nitrogens with zero attached hydrogens (tertiary/aromatic N) is 2. The van der Waals surface area contributed by atoms with Gasteiger partial charge in [0.05, 0.1) is 12.3 Å². The molecule has 1 amide bonds. The van der Waals surface area contributed by atoms with Crippen LogP contribution in [0, 0.1) is 0 Å². The molecule has 0 spiro atoms. The van der Waals surface area contributed by atoms with Crippen LogP contribution in [0.2, 0.25) is 0 Å². The van der Waals surface area contributed by atoms with Gasteiger partial charge in [0.25, 0.3) is 5.91 Å². The molecule has 0 bridgehead atoms. The molecule has 0 atom stereocenters.